The Bertz CT molecular complexity index is 738. The van der Waals surface area contributed by atoms with Crippen LogP contribution < -0.4 is 5.73 Å². The Kier molecular flexibility index (Phi) is 3.19. The highest BCUT2D eigenvalue weighted by atomic mass is 32.2. The number of aliphatic hydroxyl groups is 1. The first kappa shape index (κ1) is 13.4. The van der Waals surface area contributed by atoms with Crippen molar-refractivity contribution in [1.29, 1.82) is 0 Å². The fourth-order valence-corrected chi connectivity index (χ4v) is 4.32. The van der Waals surface area contributed by atoms with Gasteiger partial charge in [0.25, 0.3) is 0 Å². The van der Waals surface area contributed by atoms with Crippen LogP contribution in [0.1, 0.15) is 6.42 Å². The van der Waals surface area contributed by atoms with Crippen LogP contribution in [0.5, 0.6) is 0 Å². The third-order valence-corrected chi connectivity index (χ3v) is 5.70. The molecule has 108 valence electrons. The van der Waals surface area contributed by atoms with Crippen LogP contribution in [-0.4, -0.2) is 42.5 Å². The van der Waals surface area contributed by atoms with Crippen LogP contribution in [0.3, 0.4) is 0 Å². The molecule has 1 aliphatic heterocycles. The molecular weight excluding hydrogens is 278 g/mol. The summed E-state index contributed by atoms with van der Waals surface area (Å²) < 4.78 is 26.8. The van der Waals surface area contributed by atoms with Crippen LogP contribution in [0.4, 0.5) is 5.69 Å². The van der Waals surface area contributed by atoms with E-state index in [0.29, 0.717) is 30.6 Å². The van der Waals surface area contributed by atoms with Crippen molar-refractivity contribution in [1.82, 2.24) is 9.29 Å². The van der Waals surface area contributed by atoms with E-state index in [9.17, 15) is 8.42 Å². The molecule has 7 heteroatoms. The predicted molar refractivity (Wildman–Crippen MR) is 76.7 cm³/mol. The summed E-state index contributed by atoms with van der Waals surface area (Å²) in [4.78, 5) is 3.21. The van der Waals surface area contributed by atoms with Crippen LogP contribution in [0.15, 0.2) is 29.3 Å². The van der Waals surface area contributed by atoms with E-state index < -0.39 is 10.0 Å². The summed E-state index contributed by atoms with van der Waals surface area (Å²) >= 11 is 0. The first-order valence-corrected chi connectivity index (χ1v) is 7.94. The number of rotatable bonds is 3. The molecule has 2 aromatic rings. The van der Waals surface area contributed by atoms with Crippen molar-refractivity contribution in [3.8, 4) is 0 Å². The Morgan fingerprint density at radius 2 is 2.25 bits per heavy atom. The number of H-pyrrole nitrogens is 1. The van der Waals surface area contributed by atoms with Gasteiger partial charge in [0.05, 0.1) is 0 Å². The molecule has 1 aliphatic rings. The summed E-state index contributed by atoms with van der Waals surface area (Å²) in [5.74, 6) is 0.0278. The molecule has 0 aliphatic carbocycles. The fraction of sp³-hybridized carbons (Fsp3) is 0.385. The number of fused-ring (bicyclic) bond motifs is 1. The number of sulfonamides is 1. The second kappa shape index (κ2) is 4.76. The van der Waals surface area contributed by atoms with Crippen molar-refractivity contribution in [2.24, 2.45) is 5.92 Å². The maximum absolute atomic E-state index is 12.7. The van der Waals surface area contributed by atoms with Crippen molar-refractivity contribution < 1.29 is 13.5 Å². The summed E-state index contributed by atoms with van der Waals surface area (Å²) in [6.45, 7) is 0.837. The van der Waals surface area contributed by atoms with Gasteiger partial charge in [0.15, 0.2) is 0 Å². The average molecular weight is 295 g/mol. The molecule has 6 nitrogen and oxygen atoms in total. The van der Waals surface area contributed by atoms with Gasteiger partial charge in [-0.15, -0.1) is 0 Å². The second-order valence-corrected chi connectivity index (χ2v) is 7.06. The van der Waals surface area contributed by atoms with Crippen LogP contribution in [0.25, 0.3) is 10.9 Å². The molecule has 4 N–H and O–H groups in total. The Hall–Kier alpha value is -1.57. The van der Waals surface area contributed by atoms with Gasteiger partial charge in [-0.25, -0.2) is 8.42 Å². The molecule has 2 heterocycles. The van der Waals surface area contributed by atoms with Gasteiger partial charge in [0.1, 0.15) is 4.90 Å². The molecule has 0 saturated carbocycles. The standard InChI is InChI=1S/C13H17N3O3S/c14-10-1-2-12-11(5-10)13(6-15-12)20(18,19)16-4-3-9(7-16)8-17/h1-2,5-6,9,15,17H,3-4,7-8,14H2. The normalized spacial score (nSPS) is 20.8. The molecule has 1 aromatic carbocycles. The second-order valence-electron chi connectivity index (χ2n) is 5.16. The molecule has 3 rings (SSSR count). The number of anilines is 1. The van der Waals surface area contributed by atoms with Crippen molar-refractivity contribution in [3.63, 3.8) is 0 Å². The molecule has 0 bridgehead atoms. The van der Waals surface area contributed by atoms with E-state index in [0.717, 1.165) is 5.52 Å². The quantitative estimate of drug-likeness (QED) is 0.728. The summed E-state index contributed by atoms with van der Waals surface area (Å²) in [6.07, 6.45) is 2.20. The molecule has 1 saturated heterocycles. The third kappa shape index (κ3) is 2.07. The van der Waals surface area contributed by atoms with Crippen LogP contribution in [-0.2, 0) is 10.0 Å². The number of aromatic amines is 1. The van der Waals surface area contributed by atoms with Crippen molar-refractivity contribution in [2.75, 3.05) is 25.4 Å². The minimum atomic E-state index is -3.55. The Morgan fingerprint density at radius 3 is 2.95 bits per heavy atom. The molecule has 1 aromatic heterocycles. The number of nitrogens with zero attached hydrogens (tertiary/aromatic N) is 1. The van der Waals surface area contributed by atoms with Gasteiger partial charge < -0.3 is 15.8 Å². The zero-order valence-corrected chi connectivity index (χ0v) is 11.7. The summed E-state index contributed by atoms with van der Waals surface area (Å²) in [7, 11) is -3.55. The number of aliphatic hydroxyl groups excluding tert-OH is 1. The predicted octanol–water partition coefficient (Wildman–Crippen LogP) is 0.753. The number of aromatic nitrogens is 1. The lowest BCUT2D eigenvalue weighted by Gasteiger charge is -2.15. The first-order chi connectivity index (χ1) is 9.52. The first-order valence-electron chi connectivity index (χ1n) is 6.50. The molecule has 1 fully saturated rings. The molecule has 20 heavy (non-hydrogen) atoms. The summed E-state index contributed by atoms with van der Waals surface area (Å²) in [5.41, 5.74) is 7.01. The van der Waals surface area contributed by atoms with Crippen LogP contribution >= 0.6 is 0 Å². The van der Waals surface area contributed by atoms with E-state index in [1.54, 1.807) is 18.2 Å². The maximum atomic E-state index is 12.7. The molecule has 1 atom stereocenters. The molecule has 0 amide bonds. The zero-order valence-electron chi connectivity index (χ0n) is 10.9. The molecule has 1 unspecified atom stereocenters. The molecule has 0 radical (unpaired) electrons. The van der Waals surface area contributed by atoms with Crippen molar-refractivity contribution in [2.45, 2.75) is 11.3 Å². The topological polar surface area (TPSA) is 99.4 Å². The van der Waals surface area contributed by atoms with Gasteiger partial charge in [-0.05, 0) is 30.5 Å². The third-order valence-electron chi connectivity index (χ3n) is 3.79. The van der Waals surface area contributed by atoms with Gasteiger partial charge in [-0.3, -0.25) is 0 Å². The largest absolute Gasteiger partial charge is 0.399 e. The monoisotopic (exact) mass is 295 g/mol. The highest BCUT2D eigenvalue weighted by Crippen LogP contribution is 2.30. The van der Waals surface area contributed by atoms with Gasteiger partial charge in [0, 0.05) is 42.5 Å². The SMILES string of the molecule is Nc1ccc2[nH]cc(S(=O)(=O)N3CCC(CO)C3)c2c1. The van der Waals surface area contributed by atoms with Crippen LogP contribution in [0.2, 0.25) is 0 Å². The summed E-state index contributed by atoms with van der Waals surface area (Å²) in [5, 5.41) is 9.75. The Morgan fingerprint density at radius 1 is 1.45 bits per heavy atom. The van der Waals surface area contributed by atoms with Crippen LogP contribution in [0, 0.1) is 5.92 Å². The lowest BCUT2D eigenvalue weighted by atomic mass is 10.1. The van der Waals surface area contributed by atoms with E-state index in [2.05, 4.69) is 4.98 Å². The van der Waals surface area contributed by atoms with E-state index >= 15 is 0 Å². The Labute approximate surface area is 117 Å². The lowest BCUT2D eigenvalue weighted by molar-refractivity contribution is 0.233. The maximum Gasteiger partial charge on any atom is 0.245 e. The average Bonchev–Trinajstić information content (AvgIpc) is 3.05. The van der Waals surface area contributed by atoms with E-state index in [1.165, 1.54) is 10.5 Å². The van der Waals surface area contributed by atoms with Gasteiger partial charge >= 0.3 is 0 Å². The minimum absolute atomic E-state index is 0.0207. The van der Waals surface area contributed by atoms with Gasteiger partial charge in [-0.1, -0.05) is 0 Å². The van der Waals surface area contributed by atoms with Gasteiger partial charge in [-0.2, -0.15) is 4.31 Å². The van der Waals surface area contributed by atoms with E-state index in [1.807, 2.05) is 0 Å². The highest BCUT2D eigenvalue weighted by Gasteiger charge is 2.33. The Balaban J connectivity index is 2.03. The van der Waals surface area contributed by atoms with Crippen molar-refractivity contribution in [3.05, 3.63) is 24.4 Å². The number of benzene rings is 1. The van der Waals surface area contributed by atoms with E-state index in [4.69, 9.17) is 10.8 Å². The molecule has 0 spiro atoms. The minimum Gasteiger partial charge on any atom is -0.399 e. The molecular formula is C13H17N3O3S. The lowest BCUT2D eigenvalue weighted by Crippen LogP contribution is -2.29. The number of nitrogens with two attached hydrogens (primary N) is 1. The van der Waals surface area contributed by atoms with Gasteiger partial charge in [0.2, 0.25) is 10.0 Å². The van der Waals surface area contributed by atoms with Crippen molar-refractivity contribution >= 4 is 26.6 Å². The summed E-state index contributed by atoms with van der Waals surface area (Å²) in [6, 6.07) is 5.16. The zero-order chi connectivity index (χ0) is 14.3. The number of hydrogen-bond acceptors (Lipinski definition) is 4. The number of nitrogen functional groups attached to an aromatic ring is 1. The number of hydrogen-bond donors (Lipinski definition) is 3. The smallest absolute Gasteiger partial charge is 0.245 e. The fourth-order valence-electron chi connectivity index (χ4n) is 2.63. The van der Waals surface area contributed by atoms with E-state index in [-0.39, 0.29) is 17.4 Å². The number of nitrogens with one attached hydrogen (secondary N) is 1. The highest BCUT2D eigenvalue weighted by molar-refractivity contribution is 7.89.